The molecule has 5 atom stereocenters. The Morgan fingerprint density at radius 2 is 1.59 bits per heavy atom. The van der Waals surface area contributed by atoms with Gasteiger partial charge in [0.2, 0.25) is 0 Å². The van der Waals surface area contributed by atoms with Gasteiger partial charge in [-0.15, -0.1) is 0 Å². The van der Waals surface area contributed by atoms with Gasteiger partial charge in [-0.05, 0) is 140 Å². The van der Waals surface area contributed by atoms with Crippen LogP contribution >= 0.6 is 23.2 Å². The molecule has 0 radical (unpaired) electrons. The molecule has 0 spiro atoms. The number of fused-ring (bicyclic) bond motifs is 2. The Morgan fingerprint density at radius 3 is 2.20 bits per heavy atom. The van der Waals surface area contributed by atoms with Gasteiger partial charge < -0.3 is 24.3 Å². The van der Waals surface area contributed by atoms with Crippen molar-refractivity contribution < 1.29 is 14.7 Å². The van der Waals surface area contributed by atoms with E-state index in [1.807, 2.05) is 20.0 Å². The number of carbonyl (C=O) groups is 2. The summed E-state index contributed by atoms with van der Waals surface area (Å²) < 4.78 is 2.17. The Kier molecular flexibility index (Phi) is 18.9. The van der Waals surface area contributed by atoms with E-state index in [4.69, 9.17) is 38.2 Å². The molecule has 10 heteroatoms. The number of carbonyl (C=O) groups excluding carboxylic acids is 2. The van der Waals surface area contributed by atoms with Crippen molar-refractivity contribution in [3.05, 3.63) is 97.7 Å². The number of hydrazone groups is 1. The Balaban J connectivity index is 0.00000111. The minimum Gasteiger partial charge on any atom is -0.400 e. The van der Waals surface area contributed by atoms with Crippen molar-refractivity contribution in [2.75, 3.05) is 38.7 Å². The third-order valence-electron chi connectivity index (χ3n) is 13.1. The fourth-order valence-electron chi connectivity index (χ4n) is 10.1. The van der Waals surface area contributed by atoms with Crippen LogP contribution in [-0.2, 0) is 18.3 Å². The van der Waals surface area contributed by atoms with Crippen LogP contribution in [0.15, 0.2) is 53.8 Å². The van der Waals surface area contributed by atoms with Crippen LogP contribution in [0.5, 0.6) is 0 Å². The fraction of sp³-hybridized carbons (Fsp3) is 0.549. The Labute approximate surface area is 377 Å². The van der Waals surface area contributed by atoms with Gasteiger partial charge in [0.1, 0.15) is 6.29 Å². The first-order chi connectivity index (χ1) is 29.3. The van der Waals surface area contributed by atoms with Crippen molar-refractivity contribution in [3.63, 3.8) is 0 Å². The smallest absolute Gasteiger partial charge is 0.152 e. The number of hydrogen-bond acceptors (Lipinski definition) is 7. The number of halogens is 2. The zero-order valence-electron chi connectivity index (χ0n) is 39.1. The number of benzene rings is 3. The van der Waals surface area contributed by atoms with Crippen molar-refractivity contribution in [2.45, 2.75) is 137 Å². The maximum atomic E-state index is 12.3. The van der Waals surface area contributed by atoms with E-state index in [1.54, 1.807) is 0 Å². The molecule has 7 rings (SSSR count). The second kappa shape index (κ2) is 23.1. The Morgan fingerprint density at radius 1 is 0.951 bits per heavy atom. The lowest BCUT2D eigenvalue weighted by Gasteiger charge is -2.38. The zero-order valence-corrected chi connectivity index (χ0v) is 40.6. The van der Waals surface area contributed by atoms with Crippen molar-refractivity contribution >= 4 is 58.1 Å². The molecule has 334 valence electrons. The van der Waals surface area contributed by atoms with Gasteiger partial charge in [0.25, 0.3) is 0 Å². The van der Waals surface area contributed by atoms with E-state index >= 15 is 0 Å². The first-order valence-electron chi connectivity index (χ1n) is 22.6. The van der Waals surface area contributed by atoms with E-state index in [1.165, 1.54) is 47.7 Å². The number of piperidine rings is 1. The molecule has 4 aromatic rings. The van der Waals surface area contributed by atoms with Gasteiger partial charge in [-0.1, -0.05) is 86.8 Å². The first kappa shape index (κ1) is 50.0. The lowest BCUT2D eigenvalue weighted by atomic mass is 9.82. The quantitative estimate of drug-likeness (QED) is 0.113. The molecule has 61 heavy (non-hydrogen) atoms. The normalized spacial score (nSPS) is 20.5. The number of unbranched alkanes of at least 4 members (excludes halogenated alkanes) is 1. The summed E-state index contributed by atoms with van der Waals surface area (Å²) in [5.74, 6) is 1.01. The highest BCUT2D eigenvalue weighted by atomic mass is 35.5. The highest BCUT2D eigenvalue weighted by Crippen LogP contribution is 2.58. The van der Waals surface area contributed by atoms with Crippen LogP contribution in [-0.4, -0.2) is 83.7 Å². The average molecular weight is 875 g/mol. The van der Waals surface area contributed by atoms with Crippen LogP contribution < -0.4 is 4.90 Å². The maximum absolute atomic E-state index is 12.3. The summed E-state index contributed by atoms with van der Waals surface area (Å²) in [6.07, 6.45) is 11.5. The number of nitrogens with zero attached hydrogens (tertiary/aromatic N) is 5. The van der Waals surface area contributed by atoms with E-state index in [0.29, 0.717) is 5.92 Å². The number of para-hydroxylation sites is 1. The van der Waals surface area contributed by atoms with Crippen LogP contribution in [0.25, 0.3) is 10.9 Å². The number of anilines is 1. The van der Waals surface area contributed by atoms with Gasteiger partial charge in [0.15, 0.2) is 6.29 Å². The highest BCUT2D eigenvalue weighted by Gasteiger charge is 2.47. The number of aliphatic hydroxyl groups is 1. The van der Waals surface area contributed by atoms with Crippen molar-refractivity contribution in [2.24, 2.45) is 18.1 Å². The molecule has 1 N–H and O–H groups in total. The number of aryl methyl sites for hydroxylation is 4. The summed E-state index contributed by atoms with van der Waals surface area (Å²) >= 11 is 14.0. The molecule has 0 aliphatic carbocycles. The molecule has 0 saturated carbocycles. The van der Waals surface area contributed by atoms with Crippen LogP contribution in [0.1, 0.15) is 149 Å². The molecule has 4 unspecified atom stereocenters. The van der Waals surface area contributed by atoms with Crippen molar-refractivity contribution in [3.8, 4) is 0 Å². The van der Waals surface area contributed by atoms with Crippen LogP contribution in [0, 0.1) is 19.8 Å². The lowest BCUT2D eigenvalue weighted by Crippen LogP contribution is -2.39. The summed E-state index contributed by atoms with van der Waals surface area (Å²) in [4.78, 5) is 26.3. The molecule has 0 bridgehead atoms. The maximum Gasteiger partial charge on any atom is 0.152 e. The zero-order chi connectivity index (χ0) is 45.1. The standard InChI is InChI=1S/C46H59Cl2N5O.C2H4O.C2H6.CH4O/c1-9-30(4)53-45(39-16-12-15-36-35(27-54)26-51(8)44(36)39)37(14-11-10-13-34-23-28(2)43(48)29(3)24-34)38-17-18-40(47)42(46(38)53)41-31(5)49-52(32(41)6)25-33-19-21-50(7)22-20-33;1-2-3;2*1-2/h12,15-18,23-24,26-27,30,32-33,37,41,45H,9-11,13-14,19-22,25H2,1-8H3;2H,1H3;1-2H3;2H,1H3/t30-,32?,37?,41?,45?;;;/m1.../s1. The van der Waals surface area contributed by atoms with Gasteiger partial charge in [-0.2, -0.15) is 5.10 Å². The van der Waals surface area contributed by atoms with Crippen molar-refractivity contribution in [1.29, 1.82) is 0 Å². The number of rotatable bonds is 12. The van der Waals surface area contributed by atoms with Crippen LogP contribution in [0.4, 0.5) is 5.69 Å². The molecule has 3 aliphatic rings. The lowest BCUT2D eigenvalue weighted by molar-refractivity contribution is -0.106. The fourth-order valence-corrected chi connectivity index (χ4v) is 10.5. The third-order valence-corrected chi connectivity index (χ3v) is 14.0. The molecular weight excluding hydrogens is 801 g/mol. The topological polar surface area (TPSA) is 81.4 Å². The first-order valence-corrected chi connectivity index (χ1v) is 23.3. The van der Waals surface area contributed by atoms with E-state index in [9.17, 15) is 4.79 Å². The number of hydrogen-bond donors (Lipinski definition) is 1. The molecule has 4 heterocycles. The van der Waals surface area contributed by atoms with E-state index in [0.717, 1.165) is 115 Å². The highest BCUT2D eigenvalue weighted by molar-refractivity contribution is 6.32. The Bertz CT molecular complexity index is 2080. The summed E-state index contributed by atoms with van der Waals surface area (Å²) in [5.41, 5.74) is 11.9. The molecule has 8 nitrogen and oxygen atoms in total. The Hall–Kier alpha value is -3.69. The number of aliphatic hydroxyl groups excluding tert-OH is 1. The van der Waals surface area contributed by atoms with Crippen LogP contribution in [0.2, 0.25) is 10.0 Å². The van der Waals surface area contributed by atoms with Gasteiger partial charge in [-0.3, -0.25) is 9.80 Å². The van der Waals surface area contributed by atoms with E-state index < -0.39 is 0 Å². The van der Waals surface area contributed by atoms with Gasteiger partial charge in [0.05, 0.1) is 17.6 Å². The largest absolute Gasteiger partial charge is 0.400 e. The average Bonchev–Trinajstić information content (AvgIpc) is 3.87. The molecule has 3 aromatic carbocycles. The summed E-state index contributed by atoms with van der Waals surface area (Å²) in [6, 6.07) is 16.1. The molecule has 3 aliphatic heterocycles. The molecule has 1 saturated heterocycles. The predicted octanol–water partition coefficient (Wildman–Crippen LogP) is 12.1. The third kappa shape index (κ3) is 10.7. The summed E-state index contributed by atoms with van der Waals surface area (Å²) in [6.45, 7) is 22.2. The minimum absolute atomic E-state index is 0.0910. The minimum atomic E-state index is 0.0910. The molecular formula is C51H73Cl2N5O3. The monoisotopic (exact) mass is 874 g/mol. The SMILES string of the molecule is CC.CC=O.CC[C@@H](C)N1c2c(ccc(Cl)c2C2C(C)=NN(CC3CCN(C)CC3)C2C)C(CCCCc2cc(C)c(Cl)c(C)c2)C1c1cccc2c(C=O)cn(C)c12.CO. The number of aromatic nitrogens is 1. The van der Waals surface area contributed by atoms with Crippen LogP contribution in [0.3, 0.4) is 0 Å². The number of likely N-dealkylation sites (tertiary alicyclic amines) is 1. The molecule has 1 aromatic heterocycles. The second-order valence-electron chi connectivity index (χ2n) is 17.0. The van der Waals surface area contributed by atoms with E-state index in [2.05, 4.69) is 117 Å². The van der Waals surface area contributed by atoms with Crippen molar-refractivity contribution in [1.82, 2.24) is 14.5 Å². The second-order valence-corrected chi connectivity index (χ2v) is 17.8. The number of aldehydes is 2. The molecule has 0 amide bonds. The summed E-state index contributed by atoms with van der Waals surface area (Å²) in [5, 5.41) is 17.4. The predicted molar refractivity (Wildman–Crippen MR) is 259 cm³/mol. The molecule has 1 fully saturated rings. The summed E-state index contributed by atoms with van der Waals surface area (Å²) in [7, 11) is 5.32. The van der Waals surface area contributed by atoms with Gasteiger partial charge >= 0.3 is 0 Å². The van der Waals surface area contributed by atoms with Gasteiger partial charge in [-0.25, -0.2) is 0 Å². The van der Waals surface area contributed by atoms with E-state index in [-0.39, 0.29) is 30.0 Å². The van der Waals surface area contributed by atoms with Gasteiger partial charge in [0, 0.05) is 82.7 Å².